The molecule has 1 amide bonds. The Morgan fingerprint density at radius 1 is 1.07 bits per heavy atom. The molecular weight excluding hydrogens is 394 g/mol. The highest BCUT2D eigenvalue weighted by atomic mass is 32.2. The molecule has 7 nitrogen and oxygen atoms in total. The molecule has 0 saturated carbocycles. The molecule has 1 heterocycles. The van der Waals surface area contributed by atoms with E-state index in [4.69, 9.17) is 9.47 Å². The Kier molecular flexibility index (Phi) is 6.53. The van der Waals surface area contributed by atoms with Crippen molar-refractivity contribution >= 4 is 27.4 Å². The van der Waals surface area contributed by atoms with Gasteiger partial charge in [-0.15, -0.1) is 0 Å². The van der Waals surface area contributed by atoms with Crippen molar-refractivity contribution in [3.05, 3.63) is 60.2 Å². The van der Waals surface area contributed by atoms with E-state index in [0.29, 0.717) is 30.0 Å². The Hall–Kier alpha value is -2.87. The molecule has 2 aromatic rings. The molecule has 154 valence electrons. The third kappa shape index (κ3) is 5.35. The van der Waals surface area contributed by atoms with Crippen LogP contribution in [-0.4, -0.2) is 51.1 Å². The first-order valence-electron chi connectivity index (χ1n) is 9.37. The maximum Gasteiger partial charge on any atom is 0.338 e. The van der Waals surface area contributed by atoms with E-state index in [-0.39, 0.29) is 11.5 Å². The molecule has 0 radical (unpaired) electrons. The number of rotatable bonds is 7. The average molecular weight is 417 g/mol. The fourth-order valence-electron chi connectivity index (χ4n) is 3.26. The predicted molar refractivity (Wildman–Crippen MR) is 109 cm³/mol. The average Bonchev–Trinajstić information content (AvgIpc) is 3.07. The van der Waals surface area contributed by atoms with Crippen molar-refractivity contribution in [2.75, 3.05) is 29.6 Å². The highest BCUT2D eigenvalue weighted by Crippen LogP contribution is 2.24. The molecule has 1 atom stereocenters. The first-order valence-corrected chi connectivity index (χ1v) is 11.2. The van der Waals surface area contributed by atoms with Crippen molar-refractivity contribution in [1.82, 2.24) is 0 Å². The summed E-state index contributed by atoms with van der Waals surface area (Å²) >= 11 is 0. The summed E-state index contributed by atoms with van der Waals surface area (Å²) in [5.74, 6) is -0.510. The Balaban J connectivity index is 1.69. The lowest BCUT2D eigenvalue weighted by Crippen LogP contribution is -2.43. The molecule has 0 bridgehead atoms. The number of benzene rings is 2. The second-order valence-electron chi connectivity index (χ2n) is 6.69. The van der Waals surface area contributed by atoms with Crippen LogP contribution in [0.15, 0.2) is 54.6 Å². The summed E-state index contributed by atoms with van der Waals surface area (Å²) < 4.78 is 34.3. The van der Waals surface area contributed by atoms with Crippen molar-refractivity contribution in [2.24, 2.45) is 0 Å². The quantitative estimate of drug-likeness (QED) is 0.643. The van der Waals surface area contributed by atoms with Crippen LogP contribution in [0.1, 0.15) is 23.7 Å². The van der Waals surface area contributed by atoms with Gasteiger partial charge in [-0.3, -0.25) is 4.79 Å². The summed E-state index contributed by atoms with van der Waals surface area (Å²) in [5, 5.41) is 0. The van der Waals surface area contributed by atoms with Gasteiger partial charge < -0.3 is 14.4 Å². The van der Waals surface area contributed by atoms with Crippen LogP contribution in [0, 0.1) is 0 Å². The van der Waals surface area contributed by atoms with E-state index >= 15 is 0 Å². The van der Waals surface area contributed by atoms with Gasteiger partial charge in [0.25, 0.3) is 5.91 Å². The van der Waals surface area contributed by atoms with Crippen LogP contribution in [0.5, 0.6) is 5.75 Å². The van der Waals surface area contributed by atoms with Gasteiger partial charge in [0.15, 0.2) is 16.4 Å². The first kappa shape index (κ1) is 20.9. The van der Waals surface area contributed by atoms with Crippen LogP contribution in [0.2, 0.25) is 0 Å². The van der Waals surface area contributed by atoms with Crippen LogP contribution in [0.25, 0.3) is 0 Å². The number of sulfone groups is 1. The molecule has 2 aromatic carbocycles. The molecule has 3 rings (SSSR count). The van der Waals surface area contributed by atoms with Crippen molar-refractivity contribution in [1.29, 1.82) is 0 Å². The van der Waals surface area contributed by atoms with E-state index in [1.807, 2.05) is 13.0 Å². The minimum absolute atomic E-state index is 0.0419. The molecule has 0 unspecified atom stereocenters. The van der Waals surface area contributed by atoms with E-state index in [0.717, 1.165) is 0 Å². The zero-order chi connectivity index (χ0) is 20.9. The number of anilines is 1. The van der Waals surface area contributed by atoms with Gasteiger partial charge >= 0.3 is 5.97 Å². The van der Waals surface area contributed by atoms with E-state index in [9.17, 15) is 18.0 Å². The lowest BCUT2D eigenvalue weighted by Gasteiger charge is -2.28. The van der Waals surface area contributed by atoms with E-state index in [1.54, 1.807) is 48.5 Å². The summed E-state index contributed by atoms with van der Waals surface area (Å²) in [7, 11) is -3.18. The molecule has 1 aliphatic rings. The van der Waals surface area contributed by atoms with Gasteiger partial charge in [-0.1, -0.05) is 18.2 Å². The maximum absolute atomic E-state index is 12.9. The minimum Gasteiger partial charge on any atom is -0.494 e. The van der Waals surface area contributed by atoms with Gasteiger partial charge in [-0.05, 0) is 49.7 Å². The molecule has 29 heavy (non-hydrogen) atoms. The number of carbonyl (C=O) groups is 2. The zero-order valence-electron chi connectivity index (χ0n) is 16.1. The SMILES string of the molecule is CCOc1ccc(C(=O)OCC(=O)N(c2ccccc2)[C@H]2CCS(=O)(=O)C2)cc1. The number of para-hydroxylation sites is 1. The molecule has 1 aliphatic heterocycles. The monoisotopic (exact) mass is 417 g/mol. The van der Waals surface area contributed by atoms with Gasteiger partial charge in [0.2, 0.25) is 0 Å². The summed E-state index contributed by atoms with van der Waals surface area (Å²) in [4.78, 5) is 26.5. The Morgan fingerprint density at radius 2 is 1.76 bits per heavy atom. The number of esters is 1. The molecule has 1 fully saturated rings. The maximum atomic E-state index is 12.9. The zero-order valence-corrected chi connectivity index (χ0v) is 16.9. The summed E-state index contributed by atoms with van der Waals surface area (Å²) in [5.41, 5.74) is 0.882. The normalized spacial score (nSPS) is 17.5. The van der Waals surface area contributed by atoms with Crippen LogP contribution >= 0.6 is 0 Å². The second kappa shape index (κ2) is 9.09. The number of carbonyl (C=O) groups excluding carboxylic acids is 2. The molecule has 0 N–H and O–H groups in total. The van der Waals surface area contributed by atoms with Crippen molar-refractivity contribution < 1.29 is 27.5 Å². The molecule has 1 saturated heterocycles. The Labute approximate surface area is 170 Å². The molecule has 0 spiro atoms. The van der Waals surface area contributed by atoms with Gasteiger partial charge in [0.1, 0.15) is 5.75 Å². The molecule has 8 heteroatoms. The number of nitrogens with zero attached hydrogens (tertiary/aromatic N) is 1. The van der Waals surface area contributed by atoms with Gasteiger partial charge in [-0.2, -0.15) is 0 Å². The van der Waals surface area contributed by atoms with Crippen LogP contribution in [0.4, 0.5) is 5.69 Å². The van der Waals surface area contributed by atoms with Crippen molar-refractivity contribution in [3.63, 3.8) is 0 Å². The highest BCUT2D eigenvalue weighted by Gasteiger charge is 2.35. The number of hydrogen-bond acceptors (Lipinski definition) is 6. The topological polar surface area (TPSA) is 90.0 Å². The summed E-state index contributed by atoms with van der Waals surface area (Å²) in [6.07, 6.45) is 0.357. The third-order valence-electron chi connectivity index (χ3n) is 4.60. The van der Waals surface area contributed by atoms with Crippen LogP contribution in [0.3, 0.4) is 0 Å². The Bertz CT molecular complexity index is 956. The van der Waals surface area contributed by atoms with Gasteiger partial charge in [0.05, 0.1) is 29.7 Å². The number of hydrogen-bond donors (Lipinski definition) is 0. The van der Waals surface area contributed by atoms with E-state index in [2.05, 4.69) is 0 Å². The standard InChI is InChI=1S/C21H23NO6S/c1-2-27-19-10-8-16(9-11-19)21(24)28-14-20(23)22(17-6-4-3-5-7-17)18-12-13-29(25,26)15-18/h3-11,18H,2,12-15H2,1H3/t18-/m0/s1. The predicted octanol–water partition coefficient (Wildman–Crippen LogP) is 2.46. The van der Waals surface area contributed by atoms with E-state index < -0.39 is 34.4 Å². The molecule has 0 aliphatic carbocycles. The highest BCUT2D eigenvalue weighted by molar-refractivity contribution is 7.91. The van der Waals surface area contributed by atoms with Crippen LogP contribution in [-0.2, 0) is 19.4 Å². The minimum atomic E-state index is -3.18. The fourth-order valence-corrected chi connectivity index (χ4v) is 4.96. The summed E-state index contributed by atoms with van der Waals surface area (Å²) in [6, 6.07) is 14.8. The van der Waals surface area contributed by atoms with Crippen molar-refractivity contribution in [3.8, 4) is 5.75 Å². The van der Waals surface area contributed by atoms with Crippen molar-refractivity contribution in [2.45, 2.75) is 19.4 Å². The van der Waals surface area contributed by atoms with E-state index in [1.165, 1.54) is 4.90 Å². The summed E-state index contributed by atoms with van der Waals surface area (Å²) in [6.45, 7) is 1.91. The largest absolute Gasteiger partial charge is 0.494 e. The molecule has 0 aromatic heterocycles. The lowest BCUT2D eigenvalue weighted by atomic mass is 10.2. The number of amides is 1. The lowest BCUT2D eigenvalue weighted by molar-refractivity contribution is -0.122. The fraction of sp³-hybridized carbons (Fsp3) is 0.333. The first-order chi connectivity index (χ1) is 13.9. The third-order valence-corrected chi connectivity index (χ3v) is 6.35. The molecular formula is C21H23NO6S. The van der Waals surface area contributed by atoms with Gasteiger partial charge in [0, 0.05) is 5.69 Å². The van der Waals surface area contributed by atoms with Crippen LogP contribution < -0.4 is 9.64 Å². The Morgan fingerprint density at radius 3 is 2.34 bits per heavy atom. The number of ether oxygens (including phenoxy) is 2. The second-order valence-corrected chi connectivity index (χ2v) is 8.92. The smallest absolute Gasteiger partial charge is 0.338 e. The van der Waals surface area contributed by atoms with Gasteiger partial charge in [-0.25, -0.2) is 13.2 Å².